The van der Waals surface area contributed by atoms with Gasteiger partial charge >= 0.3 is 6.03 Å². The molecule has 0 bridgehead atoms. The van der Waals surface area contributed by atoms with E-state index in [2.05, 4.69) is 36.7 Å². The van der Waals surface area contributed by atoms with Crippen LogP contribution in [0.5, 0.6) is 5.75 Å². The molecule has 0 spiro atoms. The van der Waals surface area contributed by atoms with Crippen LogP contribution >= 0.6 is 0 Å². The highest BCUT2D eigenvalue weighted by Gasteiger charge is 2.13. The fraction of sp³-hybridized carbons (Fsp3) is 0.611. The van der Waals surface area contributed by atoms with Crippen molar-refractivity contribution in [2.75, 3.05) is 25.0 Å². The number of hydrogen-bond acceptors (Lipinski definition) is 4. The Balaban J connectivity index is 2.60. The molecule has 6 heteroatoms. The van der Waals surface area contributed by atoms with Crippen molar-refractivity contribution in [3.8, 4) is 5.75 Å². The Labute approximate surface area is 145 Å². The highest BCUT2D eigenvalue weighted by Crippen LogP contribution is 2.23. The quantitative estimate of drug-likeness (QED) is 0.587. The van der Waals surface area contributed by atoms with Gasteiger partial charge in [0.15, 0.2) is 0 Å². The number of urea groups is 1. The van der Waals surface area contributed by atoms with Crippen molar-refractivity contribution >= 4 is 11.7 Å². The monoisotopic (exact) mass is 337 g/mol. The van der Waals surface area contributed by atoms with Crippen molar-refractivity contribution in [3.05, 3.63) is 23.8 Å². The summed E-state index contributed by atoms with van der Waals surface area (Å²) in [6, 6.07) is 5.29. The first-order valence-electron chi connectivity index (χ1n) is 8.48. The lowest BCUT2D eigenvalue weighted by molar-refractivity contribution is 0.0996. The molecule has 1 unspecified atom stereocenters. The van der Waals surface area contributed by atoms with Gasteiger partial charge in [0, 0.05) is 24.3 Å². The van der Waals surface area contributed by atoms with Gasteiger partial charge in [0.05, 0.1) is 0 Å². The summed E-state index contributed by atoms with van der Waals surface area (Å²) in [5.74, 6) is 0.730. The molecule has 0 aliphatic heterocycles. The summed E-state index contributed by atoms with van der Waals surface area (Å²) in [4.78, 5) is 11.6. The van der Waals surface area contributed by atoms with Crippen molar-refractivity contribution in [2.45, 2.75) is 52.7 Å². The van der Waals surface area contributed by atoms with E-state index >= 15 is 0 Å². The van der Waals surface area contributed by atoms with Gasteiger partial charge in [-0.2, -0.15) is 0 Å². The van der Waals surface area contributed by atoms with E-state index in [1.165, 1.54) is 0 Å². The molecule has 6 nitrogen and oxygen atoms in total. The van der Waals surface area contributed by atoms with Gasteiger partial charge in [-0.05, 0) is 57.9 Å². The molecular weight excluding hydrogens is 306 g/mol. The molecule has 0 heterocycles. The number of nitrogens with one attached hydrogen (secondary N) is 3. The van der Waals surface area contributed by atoms with E-state index in [1.54, 1.807) is 6.07 Å². The summed E-state index contributed by atoms with van der Waals surface area (Å²) in [5, 5.41) is 18.7. The minimum absolute atomic E-state index is 0.0397. The van der Waals surface area contributed by atoms with Crippen molar-refractivity contribution < 1.29 is 14.6 Å². The van der Waals surface area contributed by atoms with Crippen LogP contribution in [0, 0.1) is 0 Å². The molecule has 0 aliphatic rings. The van der Waals surface area contributed by atoms with Crippen molar-refractivity contribution in [1.82, 2.24) is 10.6 Å². The topological polar surface area (TPSA) is 82.6 Å². The first kappa shape index (κ1) is 20.3. The number of benzene rings is 1. The lowest BCUT2D eigenvalue weighted by atomic mass is 10.1. The third-order valence-corrected chi connectivity index (χ3v) is 3.34. The average Bonchev–Trinajstić information content (AvgIpc) is 2.51. The summed E-state index contributed by atoms with van der Waals surface area (Å²) in [5.41, 5.74) is 1.67. The number of ether oxygens (including phenoxy) is 1. The van der Waals surface area contributed by atoms with E-state index in [1.807, 2.05) is 26.0 Å². The number of hydrogen-bond donors (Lipinski definition) is 4. The zero-order valence-corrected chi connectivity index (χ0v) is 15.4. The van der Waals surface area contributed by atoms with E-state index in [0.29, 0.717) is 13.1 Å². The molecule has 0 saturated carbocycles. The van der Waals surface area contributed by atoms with E-state index in [0.717, 1.165) is 23.4 Å². The standard InChI is InChI=1S/C18H31N3O3/c1-6-13-10-14(21-17(23)19-7-2)8-9-16(13)24-12-15(22)11-20-18(3,4)5/h8-10,15,20,22H,6-7,11-12H2,1-5H3,(H2,19,21,23). The number of aliphatic hydroxyl groups is 1. The SMILES string of the molecule is CCNC(=O)Nc1ccc(OCC(O)CNC(C)(C)C)c(CC)c1. The molecule has 1 atom stereocenters. The molecular formula is C18H31N3O3. The number of aliphatic hydroxyl groups excluding tert-OH is 1. The molecule has 1 rings (SSSR count). The Morgan fingerprint density at radius 1 is 1.29 bits per heavy atom. The Hall–Kier alpha value is -1.79. The number of rotatable bonds is 8. The van der Waals surface area contributed by atoms with Gasteiger partial charge in [0.1, 0.15) is 18.5 Å². The average molecular weight is 337 g/mol. The number of aryl methyl sites for hydroxylation is 1. The zero-order chi connectivity index (χ0) is 18.2. The minimum Gasteiger partial charge on any atom is -0.491 e. The first-order chi connectivity index (χ1) is 11.2. The maximum absolute atomic E-state index is 11.6. The van der Waals surface area contributed by atoms with Gasteiger partial charge in [-0.25, -0.2) is 4.79 Å². The zero-order valence-electron chi connectivity index (χ0n) is 15.4. The van der Waals surface area contributed by atoms with Crippen LogP contribution in [0.3, 0.4) is 0 Å². The van der Waals surface area contributed by atoms with Gasteiger partial charge in [-0.3, -0.25) is 0 Å². The lowest BCUT2D eigenvalue weighted by Gasteiger charge is -2.23. The second-order valence-corrected chi connectivity index (χ2v) is 6.76. The molecule has 0 aromatic heterocycles. The van der Waals surface area contributed by atoms with Crippen LogP contribution in [-0.4, -0.2) is 42.5 Å². The molecule has 136 valence electrons. The van der Waals surface area contributed by atoms with Crippen LogP contribution in [0.4, 0.5) is 10.5 Å². The van der Waals surface area contributed by atoms with Crippen molar-refractivity contribution in [2.24, 2.45) is 0 Å². The number of anilines is 1. The molecule has 1 aromatic rings. The van der Waals surface area contributed by atoms with Gasteiger partial charge in [0.2, 0.25) is 0 Å². The maximum atomic E-state index is 11.6. The minimum atomic E-state index is -0.581. The normalized spacial score (nSPS) is 12.6. The predicted molar refractivity (Wildman–Crippen MR) is 97.8 cm³/mol. The van der Waals surface area contributed by atoms with Gasteiger partial charge in [0.25, 0.3) is 0 Å². The molecule has 24 heavy (non-hydrogen) atoms. The van der Waals surface area contributed by atoms with E-state index in [9.17, 15) is 9.90 Å². The van der Waals surface area contributed by atoms with Crippen LogP contribution in [0.2, 0.25) is 0 Å². The Kier molecular flexibility index (Phi) is 8.01. The van der Waals surface area contributed by atoms with Crippen LogP contribution in [0.25, 0.3) is 0 Å². The molecule has 0 fully saturated rings. The molecule has 0 aliphatic carbocycles. The van der Waals surface area contributed by atoms with Crippen LogP contribution in [0.1, 0.15) is 40.2 Å². The Morgan fingerprint density at radius 2 is 2.00 bits per heavy atom. The van der Waals surface area contributed by atoms with Crippen molar-refractivity contribution in [1.29, 1.82) is 0 Å². The fourth-order valence-electron chi connectivity index (χ4n) is 2.08. The van der Waals surface area contributed by atoms with E-state index < -0.39 is 6.10 Å². The number of carbonyl (C=O) groups excluding carboxylic acids is 1. The Bertz CT molecular complexity index is 527. The second-order valence-electron chi connectivity index (χ2n) is 6.76. The lowest BCUT2D eigenvalue weighted by Crippen LogP contribution is -2.42. The van der Waals surface area contributed by atoms with E-state index in [-0.39, 0.29) is 18.2 Å². The smallest absolute Gasteiger partial charge is 0.319 e. The highest BCUT2D eigenvalue weighted by atomic mass is 16.5. The predicted octanol–water partition coefficient (Wildman–Crippen LogP) is 2.52. The summed E-state index contributed by atoms with van der Waals surface area (Å²) in [6.07, 6.45) is 0.193. The summed E-state index contributed by atoms with van der Waals surface area (Å²) in [6.45, 7) is 11.3. The van der Waals surface area contributed by atoms with E-state index in [4.69, 9.17) is 4.74 Å². The second kappa shape index (κ2) is 9.49. The van der Waals surface area contributed by atoms with Gasteiger partial charge < -0.3 is 25.8 Å². The highest BCUT2D eigenvalue weighted by molar-refractivity contribution is 5.89. The van der Waals surface area contributed by atoms with Crippen molar-refractivity contribution in [3.63, 3.8) is 0 Å². The largest absolute Gasteiger partial charge is 0.491 e. The summed E-state index contributed by atoms with van der Waals surface area (Å²) in [7, 11) is 0. The number of carbonyl (C=O) groups is 1. The first-order valence-corrected chi connectivity index (χ1v) is 8.48. The summed E-state index contributed by atoms with van der Waals surface area (Å²) >= 11 is 0. The van der Waals surface area contributed by atoms with Crippen LogP contribution < -0.4 is 20.7 Å². The Morgan fingerprint density at radius 3 is 2.58 bits per heavy atom. The third kappa shape index (κ3) is 7.66. The third-order valence-electron chi connectivity index (χ3n) is 3.34. The molecule has 1 aromatic carbocycles. The van der Waals surface area contributed by atoms with Gasteiger partial charge in [-0.1, -0.05) is 6.92 Å². The van der Waals surface area contributed by atoms with Gasteiger partial charge in [-0.15, -0.1) is 0 Å². The fourth-order valence-corrected chi connectivity index (χ4v) is 2.08. The van der Waals surface area contributed by atoms with Crippen LogP contribution in [0.15, 0.2) is 18.2 Å². The van der Waals surface area contributed by atoms with Crippen LogP contribution in [-0.2, 0) is 6.42 Å². The molecule has 0 radical (unpaired) electrons. The molecule has 0 saturated heterocycles. The maximum Gasteiger partial charge on any atom is 0.319 e. The molecule has 2 amide bonds. The number of amides is 2. The molecule has 4 N–H and O–H groups in total. The summed E-state index contributed by atoms with van der Waals surface area (Å²) < 4.78 is 5.74. The number of β-amino-alcohol motifs (C(OH)–C–C–N with tert-alkyl or cyclic N) is 1.